The van der Waals surface area contributed by atoms with E-state index in [1.165, 1.54) is 0 Å². The molecule has 1 aromatic rings. The molecule has 96 valence electrons. The van der Waals surface area contributed by atoms with Crippen molar-refractivity contribution in [1.29, 1.82) is 5.26 Å². The van der Waals surface area contributed by atoms with Crippen LogP contribution in [0.4, 0.5) is 5.69 Å². The maximum absolute atomic E-state index is 9.20. The molecule has 1 saturated heterocycles. The number of hydrogen-bond acceptors (Lipinski definition) is 3. The zero-order chi connectivity index (χ0) is 13.1. The van der Waals surface area contributed by atoms with Crippen molar-refractivity contribution in [2.75, 3.05) is 31.6 Å². The second kappa shape index (κ2) is 5.60. The molecule has 0 radical (unpaired) electrons. The molecule has 4 heteroatoms. The van der Waals surface area contributed by atoms with Gasteiger partial charge in [0.25, 0.3) is 0 Å². The van der Waals surface area contributed by atoms with Crippen molar-refractivity contribution in [3.8, 4) is 6.07 Å². The summed E-state index contributed by atoms with van der Waals surface area (Å²) in [5.41, 5.74) is 1.68. The van der Waals surface area contributed by atoms with Crippen LogP contribution in [0, 0.1) is 11.3 Å². The molecule has 0 aliphatic carbocycles. The number of piperazine rings is 1. The van der Waals surface area contributed by atoms with Gasteiger partial charge in [-0.05, 0) is 31.7 Å². The van der Waals surface area contributed by atoms with Crippen molar-refractivity contribution in [3.05, 3.63) is 28.8 Å². The summed E-state index contributed by atoms with van der Waals surface area (Å²) >= 11 is 5.94. The molecule has 18 heavy (non-hydrogen) atoms. The fourth-order valence-electron chi connectivity index (χ4n) is 2.48. The van der Waals surface area contributed by atoms with Gasteiger partial charge in [0.1, 0.15) is 6.07 Å². The first-order valence-corrected chi connectivity index (χ1v) is 6.68. The van der Waals surface area contributed by atoms with Gasteiger partial charge in [-0.15, -0.1) is 0 Å². The number of likely N-dealkylation sites (N-methyl/N-ethyl adjacent to an activating group) is 1. The Hall–Kier alpha value is -1.24. The minimum atomic E-state index is 0.556. The highest BCUT2D eigenvalue weighted by atomic mass is 35.5. The van der Waals surface area contributed by atoms with Crippen molar-refractivity contribution in [2.24, 2.45) is 0 Å². The van der Waals surface area contributed by atoms with Crippen LogP contribution in [0.15, 0.2) is 18.2 Å². The van der Waals surface area contributed by atoms with Gasteiger partial charge in [-0.25, -0.2) is 0 Å². The zero-order valence-electron chi connectivity index (χ0n) is 10.9. The van der Waals surface area contributed by atoms with E-state index in [1.807, 2.05) is 12.1 Å². The van der Waals surface area contributed by atoms with Crippen LogP contribution >= 0.6 is 11.6 Å². The summed E-state index contributed by atoms with van der Waals surface area (Å²) in [5, 5.41) is 9.82. The fraction of sp³-hybridized carbons (Fsp3) is 0.500. The van der Waals surface area contributed by atoms with Gasteiger partial charge in [0, 0.05) is 30.7 Å². The van der Waals surface area contributed by atoms with Crippen LogP contribution in [-0.2, 0) is 0 Å². The highest BCUT2D eigenvalue weighted by molar-refractivity contribution is 6.30. The molecule has 1 unspecified atom stereocenters. The molecule has 0 saturated carbocycles. The number of halogens is 1. The highest BCUT2D eigenvalue weighted by Gasteiger charge is 2.24. The molecule has 0 amide bonds. The molecule has 1 aliphatic heterocycles. The lowest BCUT2D eigenvalue weighted by molar-refractivity contribution is 0.213. The monoisotopic (exact) mass is 263 g/mol. The lowest BCUT2D eigenvalue weighted by Gasteiger charge is -2.40. The largest absolute Gasteiger partial charge is 0.368 e. The van der Waals surface area contributed by atoms with Gasteiger partial charge in [0.2, 0.25) is 0 Å². The van der Waals surface area contributed by atoms with E-state index in [2.05, 4.69) is 29.8 Å². The summed E-state index contributed by atoms with van der Waals surface area (Å²) in [6.45, 7) is 5.18. The van der Waals surface area contributed by atoms with E-state index in [-0.39, 0.29) is 0 Å². The van der Waals surface area contributed by atoms with Gasteiger partial charge in [0.15, 0.2) is 0 Å². The van der Waals surface area contributed by atoms with E-state index in [0.29, 0.717) is 16.6 Å². The molecule has 1 fully saturated rings. The molecule has 2 rings (SSSR count). The van der Waals surface area contributed by atoms with Crippen LogP contribution in [0.2, 0.25) is 5.02 Å². The second-order valence-electron chi connectivity index (χ2n) is 4.76. The van der Waals surface area contributed by atoms with Crippen LogP contribution in [0.1, 0.15) is 18.9 Å². The predicted molar refractivity (Wildman–Crippen MR) is 75.1 cm³/mol. The highest BCUT2D eigenvalue weighted by Crippen LogP contribution is 2.26. The number of benzene rings is 1. The number of nitriles is 1. The Morgan fingerprint density at radius 1 is 1.44 bits per heavy atom. The smallest absolute Gasteiger partial charge is 0.101 e. The first kappa shape index (κ1) is 13.2. The average molecular weight is 264 g/mol. The van der Waals surface area contributed by atoms with Crippen LogP contribution in [0.3, 0.4) is 0 Å². The number of hydrogen-bond donors (Lipinski definition) is 0. The van der Waals surface area contributed by atoms with Gasteiger partial charge >= 0.3 is 0 Å². The molecule has 3 nitrogen and oxygen atoms in total. The molecular weight excluding hydrogens is 246 g/mol. The Morgan fingerprint density at radius 3 is 2.89 bits per heavy atom. The standard InChI is InChI=1S/C14H18ClN3/c1-3-13-10-18(7-6-17(13)2)14-5-4-12(15)8-11(14)9-16/h4-5,8,13H,3,6-7,10H2,1-2H3. The van der Waals surface area contributed by atoms with E-state index >= 15 is 0 Å². The van der Waals surface area contributed by atoms with Crippen LogP contribution in [-0.4, -0.2) is 37.6 Å². The fourth-order valence-corrected chi connectivity index (χ4v) is 2.65. The molecule has 0 N–H and O–H groups in total. The maximum atomic E-state index is 9.20. The summed E-state index contributed by atoms with van der Waals surface area (Å²) in [4.78, 5) is 4.68. The Balaban J connectivity index is 2.25. The van der Waals surface area contributed by atoms with Crippen molar-refractivity contribution < 1.29 is 0 Å². The molecular formula is C14H18ClN3. The van der Waals surface area contributed by atoms with E-state index in [1.54, 1.807) is 6.07 Å². The molecule has 1 aromatic carbocycles. The molecule has 0 aromatic heterocycles. The van der Waals surface area contributed by atoms with Crippen LogP contribution in [0.5, 0.6) is 0 Å². The van der Waals surface area contributed by atoms with Crippen molar-refractivity contribution in [1.82, 2.24) is 4.90 Å². The predicted octanol–water partition coefficient (Wildman–Crippen LogP) is 2.74. The third kappa shape index (κ3) is 2.60. The third-order valence-electron chi connectivity index (χ3n) is 3.67. The summed E-state index contributed by atoms with van der Waals surface area (Å²) in [6, 6.07) is 8.36. The first-order chi connectivity index (χ1) is 8.65. The summed E-state index contributed by atoms with van der Waals surface area (Å²) < 4.78 is 0. The molecule has 1 atom stereocenters. The second-order valence-corrected chi connectivity index (χ2v) is 5.20. The lowest BCUT2D eigenvalue weighted by atomic mass is 10.1. The number of nitrogens with zero attached hydrogens (tertiary/aromatic N) is 3. The van der Waals surface area contributed by atoms with E-state index in [4.69, 9.17) is 11.6 Å². The summed E-state index contributed by atoms with van der Waals surface area (Å²) in [7, 11) is 2.17. The quantitative estimate of drug-likeness (QED) is 0.822. The minimum Gasteiger partial charge on any atom is -0.368 e. The number of anilines is 1. The molecule has 1 aliphatic rings. The molecule has 0 spiro atoms. The topological polar surface area (TPSA) is 30.3 Å². The molecule has 0 bridgehead atoms. The Kier molecular flexibility index (Phi) is 4.11. The normalized spacial score (nSPS) is 20.8. The van der Waals surface area contributed by atoms with Crippen molar-refractivity contribution in [2.45, 2.75) is 19.4 Å². The maximum Gasteiger partial charge on any atom is 0.101 e. The first-order valence-electron chi connectivity index (χ1n) is 6.30. The van der Waals surface area contributed by atoms with Gasteiger partial charge in [0.05, 0.1) is 11.3 Å². The lowest BCUT2D eigenvalue weighted by Crippen LogP contribution is -2.51. The van der Waals surface area contributed by atoms with Crippen LogP contribution < -0.4 is 4.90 Å². The zero-order valence-corrected chi connectivity index (χ0v) is 11.6. The van der Waals surface area contributed by atoms with E-state index in [0.717, 1.165) is 31.7 Å². The third-order valence-corrected chi connectivity index (χ3v) is 3.90. The average Bonchev–Trinajstić information content (AvgIpc) is 2.39. The molecule has 1 heterocycles. The van der Waals surface area contributed by atoms with E-state index < -0.39 is 0 Å². The van der Waals surface area contributed by atoms with Crippen LogP contribution in [0.25, 0.3) is 0 Å². The Labute approximate surface area is 114 Å². The van der Waals surface area contributed by atoms with Gasteiger partial charge in [-0.1, -0.05) is 18.5 Å². The van der Waals surface area contributed by atoms with Gasteiger partial charge < -0.3 is 4.90 Å². The Morgan fingerprint density at radius 2 is 2.22 bits per heavy atom. The summed E-state index contributed by atoms with van der Waals surface area (Å²) in [5.74, 6) is 0. The van der Waals surface area contributed by atoms with Gasteiger partial charge in [-0.3, -0.25) is 4.90 Å². The van der Waals surface area contributed by atoms with Gasteiger partial charge in [-0.2, -0.15) is 5.26 Å². The Bertz CT molecular complexity index is 467. The van der Waals surface area contributed by atoms with Crippen molar-refractivity contribution in [3.63, 3.8) is 0 Å². The SMILES string of the molecule is CCC1CN(c2ccc(Cl)cc2C#N)CCN1C. The summed E-state index contributed by atoms with van der Waals surface area (Å²) in [6.07, 6.45) is 1.13. The van der Waals surface area contributed by atoms with Crippen molar-refractivity contribution >= 4 is 17.3 Å². The van der Waals surface area contributed by atoms with E-state index in [9.17, 15) is 5.26 Å². The minimum absolute atomic E-state index is 0.556. The number of rotatable bonds is 2.